The first-order chi connectivity index (χ1) is 12.8. The normalized spacial score (nSPS) is 10.8. The third-order valence-electron chi connectivity index (χ3n) is 3.95. The summed E-state index contributed by atoms with van der Waals surface area (Å²) in [4.78, 5) is 4.44. The molecular formula is C19H17N5O2. The van der Waals surface area contributed by atoms with Crippen molar-refractivity contribution < 1.29 is 9.26 Å². The van der Waals surface area contributed by atoms with Gasteiger partial charge in [0.1, 0.15) is 5.75 Å². The van der Waals surface area contributed by atoms with Crippen molar-refractivity contribution in [3.63, 3.8) is 0 Å². The third-order valence-corrected chi connectivity index (χ3v) is 3.95. The zero-order chi connectivity index (χ0) is 17.9. The van der Waals surface area contributed by atoms with Crippen molar-refractivity contribution in [3.05, 3.63) is 60.3 Å². The van der Waals surface area contributed by atoms with Gasteiger partial charge in [-0.2, -0.15) is 4.98 Å². The van der Waals surface area contributed by atoms with Crippen molar-refractivity contribution in [2.24, 2.45) is 0 Å². The van der Waals surface area contributed by atoms with Crippen LogP contribution >= 0.6 is 0 Å². The van der Waals surface area contributed by atoms with Crippen LogP contribution < -0.4 is 4.74 Å². The van der Waals surface area contributed by atoms with E-state index in [-0.39, 0.29) is 0 Å². The second-order valence-electron chi connectivity index (χ2n) is 5.65. The maximum atomic E-state index is 5.47. The monoisotopic (exact) mass is 347 g/mol. The molecule has 7 heteroatoms. The first kappa shape index (κ1) is 16.0. The van der Waals surface area contributed by atoms with E-state index in [1.165, 1.54) is 0 Å². The highest BCUT2D eigenvalue weighted by Gasteiger charge is 2.18. The van der Waals surface area contributed by atoms with Crippen molar-refractivity contribution in [1.29, 1.82) is 0 Å². The lowest BCUT2D eigenvalue weighted by atomic mass is 10.2. The highest BCUT2D eigenvalue weighted by Crippen LogP contribution is 2.24. The fourth-order valence-corrected chi connectivity index (χ4v) is 2.65. The van der Waals surface area contributed by atoms with Crippen LogP contribution in [0.3, 0.4) is 0 Å². The van der Waals surface area contributed by atoms with Crippen molar-refractivity contribution in [1.82, 2.24) is 25.1 Å². The molecule has 2 aromatic carbocycles. The Kier molecular flexibility index (Phi) is 4.18. The number of nitrogens with zero attached hydrogens (tertiary/aromatic N) is 5. The van der Waals surface area contributed by atoms with E-state index in [2.05, 4.69) is 20.5 Å². The summed E-state index contributed by atoms with van der Waals surface area (Å²) >= 11 is 0. The Morgan fingerprint density at radius 1 is 1.04 bits per heavy atom. The van der Waals surface area contributed by atoms with Gasteiger partial charge in [0.15, 0.2) is 5.69 Å². The largest absolute Gasteiger partial charge is 0.494 e. The molecule has 0 saturated carbocycles. The second kappa shape index (κ2) is 6.79. The molecule has 2 aromatic heterocycles. The summed E-state index contributed by atoms with van der Waals surface area (Å²) in [6.45, 7) is 4.50. The van der Waals surface area contributed by atoms with Crippen molar-refractivity contribution >= 4 is 0 Å². The Hall–Kier alpha value is -3.48. The molecule has 0 aliphatic rings. The van der Waals surface area contributed by atoms with Crippen LogP contribution in [0.25, 0.3) is 28.7 Å². The zero-order valence-corrected chi connectivity index (χ0v) is 14.5. The molecule has 0 aliphatic carbocycles. The summed E-state index contributed by atoms with van der Waals surface area (Å²) in [7, 11) is 0. The first-order valence-electron chi connectivity index (χ1n) is 8.31. The average molecular weight is 347 g/mol. The molecule has 0 N–H and O–H groups in total. The number of hydrogen-bond donors (Lipinski definition) is 0. The Morgan fingerprint density at radius 2 is 1.81 bits per heavy atom. The lowest BCUT2D eigenvalue weighted by Crippen LogP contribution is -1.99. The van der Waals surface area contributed by atoms with E-state index in [9.17, 15) is 0 Å². The van der Waals surface area contributed by atoms with Gasteiger partial charge in [-0.1, -0.05) is 40.7 Å². The Morgan fingerprint density at radius 3 is 2.54 bits per heavy atom. The van der Waals surface area contributed by atoms with E-state index in [0.29, 0.717) is 24.0 Å². The molecule has 0 amide bonds. The second-order valence-corrected chi connectivity index (χ2v) is 5.65. The van der Waals surface area contributed by atoms with Crippen LogP contribution in [0.15, 0.2) is 59.1 Å². The van der Waals surface area contributed by atoms with Crippen LogP contribution in [0.4, 0.5) is 0 Å². The van der Waals surface area contributed by atoms with E-state index in [0.717, 1.165) is 22.7 Å². The standard InChI is InChI=1S/C19H17N5O2/c1-3-25-16-11-9-15(10-12-16)24-13(2)17(21-23-24)19-20-18(22-26-19)14-7-5-4-6-8-14/h4-12H,3H2,1-2H3. The smallest absolute Gasteiger partial charge is 0.280 e. The van der Waals surface area contributed by atoms with E-state index in [1.54, 1.807) is 4.68 Å². The molecule has 0 bridgehead atoms. The van der Waals surface area contributed by atoms with Gasteiger partial charge < -0.3 is 9.26 Å². The molecule has 0 saturated heterocycles. The fourth-order valence-electron chi connectivity index (χ4n) is 2.65. The van der Waals surface area contributed by atoms with Gasteiger partial charge in [-0.05, 0) is 38.1 Å². The molecule has 26 heavy (non-hydrogen) atoms. The van der Waals surface area contributed by atoms with Gasteiger partial charge in [-0.15, -0.1) is 5.10 Å². The van der Waals surface area contributed by atoms with Crippen LogP contribution in [0.2, 0.25) is 0 Å². The maximum Gasteiger partial charge on any atom is 0.280 e. The minimum atomic E-state index is 0.346. The van der Waals surface area contributed by atoms with Gasteiger partial charge >= 0.3 is 0 Å². The molecule has 0 radical (unpaired) electrons. The van der Waals surface area contributed by atoms with E-state index < -0.39 is 0 Å². The lowest BCUT2D eigenvalue weighted by Gasteiger charge is -2.05. The van der Waals surface area contributed by atoms with Crippen molar-refractivity contribution in [3.8, 4) is 34.4 Å². The summed E-state index contributed by atoms with van der Waals surface area (Å²) in [5.41, 5.74) is 3.15. The van der Waals surface area contributed by atoms with Gasteiger partial charge in [0.05, 0.1) is 18.0 Å². The van der Waals surface area contributed by atoms with Crippen LogP contribution in [-0.4, -0.2) is 31.7 Å². The highest BCUT2D eigenvalue weighted by atomic mass is 16.5. The SMILES string of the molecule is CCOc1ccc(-n2nnc(-c3nc(-c4ccccc4)no3)c2C)cc1. The molecule has 0 fully saturated rings. The number of ether oxygens (including phenoxy) is 1. The van der Waals surface area contributed by atoms with E-state index in [4.69, 9.17) is 9.26 Å². The van der Waals surface area contributed by atoms with Crippen LogP contribution in [0, 0.1) is 6.92 Å². The number of hydrogen-bond acceptors (Lipinski definition) is 6. The quantitative estimate of drug-likeness (QED) is 0.548. The van der Waals surface area contributed by atoms with E-state index in [1.807, 2.05) is 68.4 Å². The number of rotatable bonds is 5. The Balaban J connectivity index is 1.64. The summed E-state index contributed by atoms with van der Waals surface area (Å²) in [6, 6.07) is 17.3. The van der Waals surface area contributed by atoms with Crippen LogP contribution in [0.5, 0.6) is 5.75 Å². The van der Waals surface area contributed by atoms with Gasteiger partial charge in [0.2, 0.25) is 5.82 Å². The maximum absolute atomic E-state index is 5.47. The third kappa shape index (κ3) is 2.95. The van der Waals surface area contributed by atoms with Gasteiger partial charge in [0.25, 0.3) is 5.89 Å². The predicted octanol–water partition coefficient (Wildman–Crippen LogP) is 3.69. The molecule has 0 aliphatic heterocycles. The van der Waals surface area contributed by atoms with E-state index >= 15 is 0 Å². The Labute approximate surface area is 150 Å². The Bertz CT molecular complexity index is 1010. The topological polar surface area (TPSA) is 78.9 Å². The van der Waals surface area contributed by atoms with Crippen LogP contribution in [-0.2, 0) is 0 Å². The fraction of sp³-hybridized carbons (Fsp3) is 0.158. The molecule has 2 heterocycles. The molecule has 0 unspecified atom stereocenters. The minimum absolute atomic E-state index is 0.346. The predicted molar refractivity (Wildman–Crippen MR) is 96.0 cm³/mol. The molecule has 0 atom stereocenters. The molecule has 7 nitrogen and oxygen atoms in total. The zero-order valence-electron chi connectivity index (χ0n) is 14.5. The van der Waals surface area contributed by atoms with Crippen molar-refractivity contribution in [2.75, 3.05) is 6.61 Å². The molecular weight excluding hydrogens is 330 g/mol. The summed E-state index contributed by atoms with van der Waals surface area (Å²) < 4.78 is 12.6. The number of aromatic nitrogens is 5. The average Bonchev–Trinajstić information content (AvgIpc) is 3.30. The molecule has 4 aromatic rings. The summed E-state index contributed by atoms with van der Waals surface area (Å²) in [5.74, 6) is 1.69. The van der Waals surface area contributed by atoms with Gasteiger partial charge in [0, 0.05) is 5.56 Å². The number of benzene rings is 2. The highest BCUT2D eigenvalue weighted by molar-refractivity contribution is 5.59. The summed E-state index contributed by atoms with van der Waals surface area (Å²) in [5, 5.41) is 12.5. The van der Waals surface area contributed by atoms with Gasteiger partial charge in [-0.3, -0.25) is 0 Å². The van der Waals surface area contributed by atoms with Crippen LogP contribution in [0.1, 0.15) is 12.6 Å². The first-order valence-corrected chi connectivity index (χ1v) is 8.31. The molecule has 4 rings (SSSR count). The summed E-state index contributed by atoms with van der Waals surface area (Å²) in [6.07, 6.45) is 0. The minimum Gasteiger partial charge on any atom is -0.494 e. The van der Waals surface area contributed by atoms with Gasteiger partial charge in [-0.25, -0.2) is 4.68 Å². The molecule has 0 spiro atoms. The van der Waals surface area contributed by atoms with Crippen molar-refractivity contribution in [2.45, 2.75) is 13.8 Å². The lowest BCUT2D eigenvalue weighted by molar-refractivity contribution is 0.340. The molecule has 130 valence electrons.